The summed E-state index contributed by atoms with van der Waals surface area (Å²) in [5, 5.41) is 3.01. The Hall–Kier alpha value is -2.46. The molecule has 1 saturated heterocycles. The first-order chi connectivity index (χ1) is 16.1. The van der Waals surface area contributed by atoms with Gasteiger partial charge in [0.25, 0.3) is 5.91 Å². The Morgan fingerprint density at radius 2 is 1.50 bits per heavy atom. The monoisotopic (exact) mass is 492 g/mol. The minimum atomic E-state index is -3.72. The molecule has 0 bridgehead atoms. The van der Waals surface area contributed by atoms with Crippen LogP contribution in [-0.4, -0.2) is 85.1 Å². The lowest BCUT2D eigenvalue weighted by atomic mass is 9.80. The molecule has 34 heavy (non-hydrogen) atoms. The Labute approximate surface area is 202 Å². The second kappa shape index (κ2) is 10.9. The molecule has 9 nitrogen and oxygen atoms in total. The summed E-state index contributed by atoms with van der Waals surface area (Å²) in [4.78, 5) is 41.4. The van der Waals surface area contributed by atoms with E-state index in [-0.39, 0.29) is 35.7 Å². The highest BCUT2D eigenvalue weighted by Gasteiger charge is 2.43. The number of rotatable bonds is 7. The predicted octanol–water partition coefficient (Wildman–Crippen LogP) is 1.84. The second-order valence-electron chi connectivity index (χ2n) is 9.01. The van der Waals surface area contributed by atoms with Crippen LogP contribution in [0.25, 0.3) is 0 Å². The molecule has 1 N–H and O–H groups in total. The minimum Gasteiger partial charge on any atom is -0.341 e. The molecule has 0 atom stereocenters. The van der Waals surface area contributed by atoms with E-state index in [0.29, 0.717) is 44.6 Å². The number of sulfonamides is 1. The molecule has 0 spiro atoms. The first kappa shape index (κ1) is 26.2. The second-order valence-corrected chi connectivity index (χ2v) is 10.9. The van der Waals surface area contributed by atoms with Crippen molar-refractivity contribution in [2.45, 2.75) is 63.3 Å². The molecular weight excluding hydrogens is 456 g/mol. The zero-order chi connectivity index (χ0) is 24.9. The Bertz CT molecular complexity index is 991. The number of benzene rings is 1. The lowest BCUT2D eigenvalue weighted by Crippen LogP contribution is -2.60. The SMILES string of the molecule is CCN(CC)C(=O)C1(NC(=O)c2ccc(S(=O)(=O)N3CCN(C(C)=O)CC3)cc2)CCCCC1. The van der Waals surface area contributed by atoms with Crippen LogP contribution in [0, 0.1) is 0 Å². The van der Waals surface area contributed by atoms with E-state index in [4.69, 9.17) is 0 Å². The van der Waals surface area contributed by atoms with E-state index in [2.05, 4.69) is 5.32 Å². The lowest BCUT2D eigenvalue weighted by Gasteiger charge is -2.40. The summed E-state index contributed by atoms with van der Waals surface area (Å²) in [6.07, 6.45) is 4.00. The van der Waals surface area contributed by atoms with Gasteiger partial charge in [-0.2, -0.15) is 4.31 Å². The van der Waals surface area contributed by atoms with E-state index in [0.717, 1.165) is 19.3 Å². The number of carbonyl (C=O) groups excluding carboxylic acids is 3. The van der Waals surface area contributed by atoms with Crippen LogP contribution in [0.3, 0.4) is 0 Å². The van der Waals surface area contributed by atoms with E-state index >= 15 is 0 Å². The molecule has 3 rings (SSSR count). The molecule has 0 radical (unpaired) electrons. The van der Waals surface area contributed by atoms with Crippen molar-refractivity contribution in [1.82, 2.24) is 19.4 Å². The van der Waals surface area contributed by atoms with Crippen LogP contribution in [0.1, 0.15) is 63.2 Å². The lowest BCUT2D eigenvalue weighted by molar-refractivity contribution is -0.139. The highest BCUT2D eigenvalue weighted by Crippen LogP contribution is 2.31. The van der Waals surface area contributed by atoms with Gasteiger partial charge in [-0.1, -0.05) is 19.3 Å². The van der Waals surface area contributed by atoms with Crippen molar-refractivity contribution >= 4 is 27.7 Å². The zero-order valence-corrected chi connectivity index (χ0v) is 21.2. The van der Waals surface area contributed by atoms with Gasteiger partial charge in [0.2, 0.25) is 21.8 Å². The van der Waals surface area contributed by atoms with Crippen molar-refractivity contribution in [3.05, 3.63) is 29.8 Å². The van der Waals surface area contributed by atoms with Crippen LogP contribution >= 0.6 is 0 Å². The Balaban J connectivity index is 1.74. The molecule has 188 valence electrons. The molecule has 10 heteroatoms. The van der Waals surface area contributed by atoms with Gasteiger partial charge in [0, 0.05) is 51.8 Å². The van der Waals surface area contributed by atoms with Gasteiger partial charge >= 0.3 is 0 Å². The van der Waals surface area contributed by atoms with Crippen LogP contribution < -0.4 is 5.32 Å². The molecule has 2 aliphatic rings. The first-order valence-corrected chi connectivity index (χ1v) is 13.6. The van der Waals surface area contributed by atoms with Crippen molar-refractivity contribution in [2.75, 3.05) is 39.3 Å². The molecule has 1 saturated carbocycles. The maximum atomic E-state index is 13.3. The van der Waals surface area contributed by atoms with Crippen LogP contribution in [0.5, 0.6) is 0 Å². The number of likely N-dealkylation sites (N-methyl/N-ethyl adjacent to an activating group) is 1. The predicted molar refractivity (Wildman–Crippen MR) is 129 cm³/mol. The van der Waals surface area contributed by atoms with Gasteiger partial charge in [-0.25, -0.2) is 8.42 Å². The van der Waals surface area contributed by atoms with Crippen LogP contribution in [0.15, 0.2) is 29.2 Å². The molecule has 0 unspecified atom stereocenters. The number of hydrogen-bond donors (Lipinski definition) is 1. The molecule has 1 aromatic rings. The van der Waals surface area contributed by atoms with Crippen molar-refractivity contribution in [2.24, 2.45) is 0 Å². The highest BCUT2D eigenvalue weighted by molar-refractivity contribution is 7.89. The summed E-state index contributed by atoms with van der Waals surface area (Å²) in [7, 11) is -3.72. The fourth-order valence-electron chi connectivity index (χ4n) is 4.82. The van der Waals surface area contributed by atoms with Crippen molar-refractivity contribution < 1.29 is 22.8 Å². The molecule has 1 heterocycles. The Morgan fingerprint density at radius 1 is 0.941 bits per heavy atom. The van der Waals surface area contributed by atoms with Crippen molar-refractivity contribution in [3.63, 3.8) is 0 Å². The van der Waals surface area contributed by atoms with E-state index < -0.39 is 15.6 Å². The quantitative estimate of drug-likeness (QED) is 0.625. The highest BCUT2D eigenvalue weighted by atomic mass is 32.2. The zero-order valence-electron chi connectivity index (χ0n) is 20.4. The largest absolute Gasteiger partial charge is 0.341 e. The number of nitrogens with one attached hydrogen (secondary N) is 1. The molecule has 1 aliphatic heterocycles. The third-order valence-electron chi connectivity index (χ3n) is 6.96. The summed E-state index contributed by atoms with van der Waals surface area (Å²) in [6.45, 7) is 7.69. The fraction of sp³-hybridized carbons (Fsp3) is 0.625. The van der Waals surface area contributed by atoms with Crippen LogP contribution in [-0.2, 0) is 19.6 Å². The van der Waals surface area contributed by atoms with Gasteiger partial charge in [-0.05, 0) is 51.0 Å². The van der Waals surface area contributed by atoms with Crippen LogP contribution in [0.4, 0.5) is 0 Å². The third-order valence-corrected chi connectivity index (χ3v) is 8.87. The first-order valence-electron chi connectivity index (χ1n) is 12.1. The molecule has 2 fully saturated rings. The van der Waals surface area contributed by atoms with Gasteiger partial charge < -0.3 is 15.1 Å². The van der Waals surface area contributed by atoms with E-state index in [1.807, 2.05) is 13.8 Å². The fourth-order valence-corrected chi connectivity index (χ4v) is 6.24. The van der Waals surface area contributed by atoms with E-state index in [9.17, 15) is 22.8 Å². The summed E-state index contributed by atoms with van der Waals surface area (Å²) >= 11 is 0. The molecule has 0 aromatic heterocycles. The number of carbonyl (C=O) groups is 3. The Kier molecular flexibility index (Phi) is 8.35. The molecule has 3 amide bonds. The van der Waals surface area contributed by atoms with Crippen LogP contribution in [0.2, 0.25) is 0 Å². The van der Waals surface area contributed by atoms with Crippen molar-refractivity contribution in [3.8, 4) is 0 Å². The summed E-state index contributed by atoms with van der Waals surface area (Å²) < 4.78 is 27.4. The molecule has 1 aromatic carbocycles. The average molecular weight is 493 g/mol. The molecule has 1 aliphatic carbocycles. The van der Waals surface area contributed by atoms with Gasteiger partial charge in [0.15, 0.2) is 0 Å². The number of nitrogens with zero attached hydrogens (tertiary/aromatic N) is 3. The van der Waals surface area contributed by atoms with Gasteiger partial charge in [-0.3, -0.25) is 14.4 Å². The number of amides is 3. The summed E-state index contributed by atoms with van der Waals surface area (Å²) in [6, 6.07) is 5.85. The van der Waals surface area contributed by atoms with Crippen molar-refractivity contribution in [1.29, 1.82) is 0 Å². The normalized spacial score (nSPS) is 18.9. The van der Waals surface area contributed by atoms with Gasteiger partial charge in [0.05, 0.1) is 4.90 Å². The molecular formula is C24H36N4O5S. The summed E-state index contributed by atoms with van der Waals surface area (Å²) in [5.74, 6) is -0.487. The number of hydrogen-bond acceptors (Lipinski definition) is 5. The topological polar surface area (TPSA) is 107 Å². The smallest absolute Gasteiger partial charge is 0.252 e. The Morgan fingerprint density at radius 3 is 2.00 bits per heavy atom. The minimum absolute atomic E-state index is 0.0468. The maximum Gasteiger partial charge on any atom is 0.252 e. The van der Waals surface area contributed by atoms with Gasteiger partial charge in [-0.15, -0.1) is 0 Å². The number of piperazine rings is 1. The van der Waals surface area contributed by atoms with Gasteiger partial charge in [0.1, 0.15) is 5.54 Å². The van der Waals surface area contributed by atoms with E-state index in [1.54, 1.807) is 9.80 Å². The summed E-state index contributed by atoms with van der Waals surface area (Å²) in [5.41, 5.74) is -0.597. The third kappa shape index (κ3) is 5.43. The average Bonchev–Trinajstić information content (AvgIpc) is 2.85. The standard InChI is InChI=1S/C24H36N4O5S/c1-4-26(5-2)23(31)24(13-7-6-8-14-24)25-22(30)20-9-11-21(12-10-20)34(32,33)28-17-15-27(16-18-28)19(3)29/h9-12H,4-8,13-18H2,1-3H3,(H,25,30). The van der Waals surface area contributed by atoms with E-state index in [1.165, 1.54) is 35.5 Å². The maximum absolute atomic E-state index is 13.3.